The monoisotopic (exact) mass is 430 g/mol. The molecule has 0 bridgehead atoms. The van der Waals surface area contributed by atoms with Crippen LogP contribution in [0, 0.1) is 0 Å². The second kappa shape index (κ2) is 11.7. The number of hydrogen-bond donors (Lipinski definition) is 2. The normalized spacial score (nSPS) is 11.0. The van der Waals surface area contributed by atoms with Crippen LogP contribution in [-0.4, -0.2) is 13.7 Å². The van der Waals surface area contributed by atoms with Gasteiger partial charge in [0.05, 0.1) is 0 Å². The number of hydrogen-bond acceptors (Lipinski definition) is 2. The van der Waals surface area contributed by atoms with Crippen molar-refractivity contribution in [2.75, 3.05) is 0 Å². The van der Waals surface area contributed by atoms with Crippen LogP contribution in [0.4, 0.5) is 0 Å². The molecule has 0 aromatic heterocycles. The van der Waals surface area contributed by atoms with Gasteiger partial charge in [-0.2, -0.15) is 0 Å². The molecule has 4 heteroatoms. The lowest BCUT2D eigenvalue weighted by Gasteiger charge is -2.25. The van der Waals surface area contributed by atoms with E-state index in [4.69, 9.17) is 11.3 Å². The molecule has 0 aliphatic rings. The predicted octanol–water partition coefficient (Wildman–Crippen LogP) is 6.02. The van der Waals surface area contributed by atoms with E-state index in [-0.39, 0.29) is 25.3 Å². The Morgan fingerprint density at radius 3 is 0.909 bits per heavy atom. The van der Waals surface area contributed by atoms with Gasteiger partial charge in [-0.05, 0) is 22.3 Å². The van der Waals surface area contributed by atoms with Crippen LogP contribution in [0.5, 0.6) is 0 Å². The highest BCUT2D eigenvalue weighted by Gasteiger charge is 2.28. The molecule has 164 valence electrons. The van der Waals surface area contributed by atoms with Crippen molar-refractivity contribution in [2.45, 2.75) is 30.7 Å². The van der Waals surface area contributed by atoms with E-state index in [1.165, 1.54) is 22.3 Å². The highest BCUT2D eigenvalue weighted by molar-refractivity contribution is 6.59. The first-order valence-electron chi connectivity index (χ1n) is 11.9. The van der Waals surface area contributed by atoms with Gasteiger partial charge in [-0.1, -0.05) is 140 Å². The largest absolute Gasteiger partial charge is 0.369 e. The lowest BCUT2D eigenvalue weighted by Crippen LogP contribution is -2.37. The molecular weight excluding hydrogens is 398 g/mol. The molecule has 0 saturated heterocycles. The second-order valence-electron chi connectivity index (χ2n) is 8.86. The van der Waals surface area contributed by atoms with E-state index in [2.05, 4.69) is 121 Å². The number of nitrogens with two attached hydrogens (primary N) is 2. The predicted molar refractivity (Wildman–Crippen MR) is 144 cm³/mol. The lowest BCUT2D eigenvalue weighted by molar-refractivity contribution is 0.959. The van der Waals surface area contributed by atoms with Crippen LogP contribution >= 0.6 is 0 Å². The molecule has 4 aromatic carbocycles. The van der Waals surface area contributed by atoms with Crippen molar-refractivity contribution in [3.05, 3.63) is 144 Å². The quantitative estimate of drug-likeness (QED) is 0.303. The maximum absolute atomic E-state index is 6.83. The van der Waals surface area contributed by atoms with Crippen molar-refractivity contribution >= 4 is 13.7 Å². The Bertz CT molecular complexity index is 908. The van der Waals surface area contributed by atoms with E-state index in [0.717, 1.165) is 19.1 Å². The van der Waals surface area contributed by atoms with E-state index in [1.807, 2.05) is 0 Å². The van der Waals surface area contributed by atoms with Crippen LogP contribution in [0.3, 0.4) is 0 Å². The van der Waals surface area contributed by atoms with E-state index in [0.29, 0.717) is 0 Å². The average molecular weight is 430 g/mol. The van der Waals surface area contributed by atoms with Gasteiger partial charge in [0.1, 0.15) is 0 Å². The van der Waals surface area contributed by atoms with Gasteiger partial charge in [-0.3, -0.25) is 0 Å². The molecule has 2 nitrogen and oxygen atoms in total. The fourth-order valence-corrected chi connectivity index (χ4v) is 4.94. The second-order valence-corrected chi connectivity index (χ2v) is 8.86. The van der Waals surface area contributed by atoms with Crippen molar-refractivity contribution in [1.29, 1.82) is 0 Å². The molecule has 0 spiro atoms. The van der Waals surface area contributed by atoms with E-state index < -0.39 is 0 Å². The first-order chi connectivity index (χ1) is 16.2. The third kappa shape index (κ3) is 6.04. The first kappa shape index (κ1) is 23.1. The van der Waals surface area contributed by atoms with E-state index in [9.17, 15) is 0 Å². The van der Waals surface area contributed by atoms with Crippen LogP contribution in [0.2, 0.25) is 12.6 Å². The van der Waals surface area contributed by atoms with E-state index in [1.54, 1.807) is 0 Å². The van der Waals surface area contributed by atoms with Gasteiger partial charge < -0.3 is 11.3 Å². The zero-order chi connectivity index (χ0) is 22.9. The Morgan fingerprint density at radius 2 is 0.667 bits per heavy atom. The van der Waals surface area contributed by atoms with Crippen LogP contribution in [0.25, 0.3) is 0 Å². The Labute approximate surface area is 199 Å². The maximum atomic E-state index is 6.83. The molecule has 4 rings (SSSR count). The average Bonchev–Trinajstić information content (AvgIpc) is 2.87. The van der Waals surface area contributed by atoms with Crippen LogP contribution in [0.15, 0.2) is 121 Å². The molecule has 4 N–H and O–H groups in total. The van der Waals surface area contributed by atoms with Crippen molar-refractivity contribution in [1.82, 2.24) is 0 Å². The summed E-state index contributed by atoms with van der Waals surface area (Å²) in [4.78, 5) is 0. The molecular formula is C29H32B2N2. The molecule has 0 aliphatic heterocycles. The molecule has 0 aliphatic carbocycles. The van der Waals surface area contributed by atoms with Gasteiger partial charge >= 0.3 is 0 Å². The van der Waals surface area contributed by atoms with Crippen molar-refractivity contribution in [3.63, 3.8) is 0 Å². The summed E-state index contributed by atoms with van der Waals surface area (Å²) in [5.41, 5.74) is 18.7. The summed E-state index contributed by atoms with van der Waals surface area (Å²) < 4.78 is 0. The molecule has 0 atom stereocenters. The SMILES string of the molecule is NB(CCCB(N)C(c1ccccc1)c1ccccc1)C(c1ccccc1)c1ccccc1. The zero-order valence-electron chi connectivity index (χ0n) is 19.1. The lowest BCUT2D eigenvalue weighted by atomic mass is 9.42. The highest BCUT2D eigenvalue weighted by Crippen LogP contribution is 2.30. The molecule has 4 aromatic rings. The minimum absolute atomic E-state index is 0.0360. The van der Waals surface area contributed by atoms with Gasteiger partial charge in [0.25, 0.3) is 0 Å². The summed E-state index contributed by atoms with van der Waals surface area (Å²) >= 11 is 0. The topological polar surface area (TPSA) is 52.0 Å². The molecule has 0 heterocycles. The summed E-state index contributed by atoms with van der Waals surface area (Å²) in [6, 6.07) is 42.5. The van der Waals surface area contributed by atoms with E-state index >= 15 is 0 Å². The van der Waals surface area contributed by atoms with Gasteiger partial charge in [0, 0.05) is 11.6 Å². The molecule has 0 amide bonds. The smallest absolute Gasteiger partial charge is 0.229 e. The van der Waals surface area contributed by atoms with Crippen molar-refractivity contribution < 1.29 is 0 Å². The number of rotatable bonds is 10. The van der Waals surface area contributed by atoms with Gasteiger partial charge in [-0.25, -0.2) is 0 Å². The summed E-state index contributed by atoms with van der Waals surface area (Å²) in [5, 5.41) is 0. The molecule has 0 radical (unpaired) electrons. The summed E-state index contributed by atoms with van der Waals surface area (Å²) in [6.07, 6.45) is 2.85. The zero-order valence-corrected chi connectivity index (χ0v) is 19.1. The van der Waals surface area contributed by atoms with Crippen LogP contribution in [-0.2, 0) is 0 Å². The fourth-order valence-electron chi connectivity index (χ4n) is 4.94. The fraction of sp³-hybridized carbons (Fsp3) is 0.172. The molecule has 0 unspecified atom stereocenters. The van der Waals surface area contributed by atoms with Gasteiger partial charge in [0.15, 0.2) is 0 Å². The van der Waals surface area contributed by atoms with Gasteiger partial charge in [-0.15, -0.1) is 0 Å². The highest BCUT2D eigenvalue weighted by atomic mass is 14.5. The summed E-state index contributed by atoms with van der Waals surface area (Å²) in [5.74, 6) is 0.366. The van der Waals surface area contributed by atoms with Crippen molar-refractivity contribution in [2.24, 2.45) is 11.3 Å². The Kier molecular flexibility index (Phi) is 8.19. The molecule has 33 heavy (non-hydrogen) atoms. The van der Waals surface area contributed by atoms with Gasteiger partial charge in [0.2, 0.25) is 13.7 Å². The first-order valence-corrected chi connectivity index (χ1v) is 11.9. The molecule has 0 fully saturated rings. The third-order valence-electron chi connectivity index (χ3n) is 6.57. The summed E-state index contributed by atoms with van der Waals surface area (Å²) in [7, 11) is 0. The molecule has 0 saturated carbocycles. The Balaban J connectivity index is 1.46. The standard InChI is InChI=1S/C29H32B2N2/c32-30(28(24-14-5-1-6-15-24)25-16-7-2-8-17-25)22-13-23-31(33)29(26-18-9-3-10-19-26)27-20-11-4-12-21-27/h1-12,14-21,28-29H,13,22-23,32-33H2. The summed E-state index contributed by atoms with van der Waals surface area (Å²) in [6.45, 7) is 0.0720. The third-order valence-corrected chi connectivity index (χ3v) is 6.57. The minimum atomic E-state index is 0.0360. The Hall–Kier alpha value is -3.07. The maximum Gasteiger partial charge on any atom is 0.229 e. The van der Waals surface area contributed by atoms with Crippen molar-refractivity contribution in [3.8, 4) is 0 Å². The van der Waals surface area contributed by atoms with Crippen LogP contribution < -0.4 is 11.3 Å². The Morgan fingerprint density at radius 1 is 0.424 bits per heavy atom. The van der Waals surface area contributed by atoms with Crippen LogP contribution in [0.1, 0.15) is 40.3 Å². The minimum Gasteiger partial charge on any atom is -0.369 e. The number of benzene rings is 4.